The molecule has 5 nitrogen and oxygen atoms in total. The molecule has 27 heavy (non-hydrogen) atoms. The topological polar surface area (TPSA) is 61.3 Å². The van der Waals surface area contributed by atoms with Crippen molar-refractivity contribution in [2.45, 2.75) is 59.3 Å². The van der Waals surface area contributed by atoms with Crippen LogP contribution >= 0.6 is 0 Å². The minimum absolute atomic E-state index is 0.218. The summed E-state index contributed by atoms with van der Waals surface area (Å²) in [6, 6.07) is 5.48. The molecule has 0 aliphatic carbocycles. The van der Waals surface area contributed by atoms with Crippen molar-refractivity contribution >= 4 is 5.97 Å². The summed E-state index contributed by atoms with van der Waals surface area (Å²) in [7, 11) is 0. The van der Waals surface area contributed by atoms with Crippen LogP contribution < -0.4 is 9.47 Å². The number of benzene rings is 1. The van der Waals surface area contributed by atoms with E-state index < -0.39 is 0 Å². The summed E-state index contributed by atoms with van der Waals surface area (Å²) in [4.78, 5) is 20.7. The molecule has 0 N–H and O–H groups in total. The van der Waals surface area contributed by atoms with E-state index in [-0.39, 0.29) is 5.97 Å². The van der Waals surface area contributed by atoms with Gasteiger partial charge >= 0.3 is 5.97 Å². The highest BCUT2D eigenvalue weighted by atomic mass is 16.5. The lowest BCUT2D eigenvalue weighted by Crippen LogP contribution is -2.10. The zero-order valence-electron chi connectivity index (χ0n) is 16.6. The number of hydrogen-bond donors (Lipinski definition) is 0. The van der Waals surface area contributed by atoms with Crippen molar-refractivity contribution in [3.63, 3.8) is 0 Å². The van der Waals surface area contributed by atoms with Gasteiger partial charge in [0.15, 0.2) is 0 Å². The molecule has 1 unspecified atom stereocenters. The second-order valence-corrected chi connectivity index (χ2v) is 6.86. The van der Waals surface area contributed by atoms with E-state index in [1.54, 1.807) is 24.7 Å². The average Bonchev–Trinajstić information content (AvgIpc) is 2.70. The second kappa shape index (κ2) is 11.3. The van der Waals surface area contributed by atoms with E-state index in [0.29, 0.717) is 36.0 Å². The molecule has 0 aliphatic heterocycles. The van der Waals surface area contributed by atoms with Crippen LogP contribution in [0.25, 0.3) is 11.3 Å². The quantitative estimate of drug-likeness (QED) is 0.299. The number of unbranched alkanes of at least 4 members (excludes halogenated alkanes) is 3. The normalized spacial score (nSPS) is 11.8. The predicted molar refractivity (Wildman–Crippen MR) is 107 cm³/mol. The van der Waals surface area contributed by atoms with Crippen LogP contribution in [-0.4, -0.2) is 22.5 Å². The Morgan fingerprint density at radius 2 is 2.00 bits per heavy atom. The summed E-state index contributed by atoms with van der Waals surface area (Å²) >= 11 is 0. The first-order chi connectivity index (χ1) is 13.1. The molecule has 0 radical (unpaired) electrons. The SMILES string of the molecule is CCCCCCC(=O)Oc1ccc(OCC(C)CC)cc1-c1cnccn1. The van der Waals surface area contributed by atoms with E-state index in [2.05, 4.69) is 30.7 Å². The molecule has 1 atom stereocenters. The van der Waals surface area contributed by atoms with Crippen molar-refractivity contribution in [1.82, 2.24) is 9.97 Å². The Bertz CT molecular complexity index is 704. The van der Waals surface area contributed by atoms with E-state index in [4.69, 9.17) is 9.47 Å². The van der Waals surface area contributed by atoms with Gasteiger partial charge in [-0.25, -0.2) is 0 Å². The molecule has 0 bridgehead atoms. The van der Waals surface area contributed by atoms with Gasteiger partial charge in [-0.05, 0) is 30.5 Å². The van der Waals surface area contributed by atoms with Crippen molar-refractivity contribution in [2.75, 3.05) is 6.61 Å². The molecule has 0 saturated carbocycles. The molecule has 5 heteroatoms. The zero-order chi connectivity index (χ0) is 19.5. The Labute approximate surface area is 162 Å². The fourth-order valence-electron chi connectivity index (χ4n) is 2.55. The van der Waals surface area contributed by atoms with E-state index in [0.717, 1.165) is 37.9 Å². The third kappa shape index (κ3) is 7.00. The summed E-state index contributed by atoms with van der Waals surface area (Å²) < 4.78 is 11.5. The van der Waals surface area contributed by atoms with Gasteiger partial charge in [0, 0.05) is 24.4 Å². The molecule has 1 heterocycles. The molecular formula is C22H30N2O3. The van der Waals surface area contributed by atoms with Gasteiger partial charge in [-0.2, -0.15) is 0 Å². The largest absolute Gasteiger partial charge is 0.493 e. The lowest BCUT2D eigenvalue weighted by molar-refractivity contribution is -0.134. The van der Waals surface area contributed by atoms with Gasteiger partial charge in [0.25, 0.3) is 0 Å². The third-order valence-corrected chi connectivity index (χ3v) is 4.48. The highest BCUT2D eigenvalue weighted by Crippen LogP contribution is 2.32. The zero-order valence-corrected chi connectivity index (χ0v) is 16.6. The van der Waals surface area contributed by atoms with E-state index in [1.807, 2.05) is 12.1 Å². The lowest BCUT2D eigenvalue weighted by Gasteiger charge is -2.14. The van der Waals surface area contributed by atoms with Crippen molar-refractivity contribution in [2.24, 2.45) is 5.92 Å². The van der Waals surface area contributed by atoms with Crippen LogP contribution in [0.1, 0.15) is 59.3 Å². The first-order valence-electron chi connectivity index (χ1n) is 9.88. The van der Waals surface area contributed by atoms with Gasteiger partial charge in [-0.3, -0.25) is 14.8 Å². The minimum atomic E-state index is -0.218. The molecular weight excluding hydrogens is 340 g/mol. The van der Waals surface area contributed by atoms with Crippen molar-refractivity contribution < 1.29 is 14.3 Å². The maximum absolute atomic E-state index is 12.2. The number of ether oxygens (including phenoxy) is 2. The van der Waals surface area contributed by atoms with E-state index in [1.165, 1.54) is 0 Å². The van der Waals surface area contributed by atoms with Crippen LogP contribution in [0.4, 0.5) is 0 Å². The first-order valence-corrected chi connectivity index (χ1v) is 9.88. The van der Waals surface area contributed by atoms with Gasteiger partial charge in [0.05, 0.1) is 18.5 Å². The fourth-order valence-corrected chi connectivity index (χ4v) is 2.55. The number of esters is 1. The van der Waals surface area contributed by atoms with Gasteiger partial charge < -0.3 is 9.47 Å². The smallest absolute Gasteiger partial charge is 0.311 e. The third-order valence-electron chi connectivity index (χ3n) is 4.48. The van der Waals surface area contributed by atoms with Crippen LogP contribution in [0.15, 0.2) is 36.8 Å². The van der Waals surface area contributed by atoms with Crippen molar-refractivity contribution in [1.29, 1.82) is 0 Å². The molecule has 0 amide bonds. The number of carbonyl (C=O) groups is 1. The van der Waals surface area contributed by atoms with Gasteiger partial charge in [0.1, 0.15) is 11.5 Å². The highest BCUT2D eigenvalue weighted by molar-refractivity contribution is 5.77. The first kappa shape index (κ1) is 20.9. The van der Waals surface area contributed by atoms with Gasteiger partial charge in [-0.15, -0.1) is 0 Å². The monoisotopic (exact) mass is 370 g/mol. The van der Waals surface area contributed by atoms with Crippen LogP contribution in [0, 0.1) is 5.92 Å². The number of carbonyl (C=O) groups excluding carboxylic acids is 1. The Morgan fingerprint density at radius 1 is 1.15 bits per heavy atom. The maximum Gasteiger partial charge on any atom is 0.311 e. The molecule has 0 fully saturated rings. The second-order valence-electron chi connectivity index (χ2n) is 6.86. The molecule has 0 spiro atoms. The number of rotatable bonds is 11. The Kier molecular flexibility index (Phi) is 8.75. The standard InChI is InChI=1S/C22H30N2O3/c1-4-6-7-8-9-22(25)27-21-11-10-18(26-16-17(3)5-2)14-19(21)20-15-23-12-13-24-20/h10-15,17H,4-9,16H2,1-3H3. The summed E-state index contributed by atoms with van der Waals surface area (Å²) in [5.74, 6) is 1.49. The molecule has 2 aromatic rings. The Balaban J connectivity index is 2.14. The Morgan fingerprint density at radius 3 is 2.70 bits per heavy atom. The molecule has 0 aliphatic rings. The van der Waals surface area contributed by atoms with Crippen molar-refractivity contribution in [3.8, 4) is 22.8 Å². The molecule has 146 valence electrons. The van der Waals surface area contributed by atoms with Crippen LogP contribution in [0.2, 0.25) is 0 Å². The van der Waals surface area contributed by atoms with Gasteiger partial charge in [0.2, 0.25) is 0 Å². The average molecular weight is 370 g/mol. The number of hydrogen-bond acceptors (Lipinski definition) is 5. The summed E-state index contributed by atoms with van der Waals surface area (Å²) in [6.07, 6.45) is 10.6. The minimum Gasteiger partial charge on any atom is -0.493 e. The van der Waals surface area contributed by atoms with E-state index >= 15 is 0 Å². The molecule has 2 rings (SSSR count). The van der Waals surface area contributed by atoms with E-state index in [9.17, 15) is 4.79 Å². The van der Waals surface area contributed by atoms with Gasteiger partial charge in [-0.1, -0.05) is 46.5 Å². The van der Waals surface area contributed by atoms with Crippen LogP contribution in [0.3, 0.4) is 0 Å². The molecule has 0 saturated heterocycles. The number of aromatic nitrogens is 2. The lowest BCUT2D eigenvalue weighted by atomic mass is 10.1. The summed E-state index contributed by atoms with van der Waals surface area (Å²) in [6.45, 7) is 7.09. The van der Waals surface area contributed by atoms with Crippen molar-refractivity contribution in [3.05, 3.63) is 36.8 Å². The van der Waals surface area contributed by atoms with Crippen LogP contribution in [0.5, 0.6) is 11.5 Å². The number of nitrogens with zero attached hydrogens (tertiary/aromatic N) is 2. The molecule has 1 aromatic heterocycles. The summed E-state index contributed by atoms with van der Waals surface area (Å²) in [5.41, 5.74) is 1.37. The Hall–Kier alpha value is -2.43. The van der Waals surface area contributed by atoms with Crippen LogP contribution in [-0.2, 0) is 4.79 Å². The maximum atomic E-state index is 12.2. The molecule has 1 aromatic carbocycles. The fraction of sp³-hybridized carbons (Fsp3) is 0.500. The summed E-state index contributed by atoms with van der Waals surface area (Å²) in [5, 5.41) is 0. The highest BCUT2D eigenvalue weighted by Gasteiger charge is 2.14. The predicted octanol–water partition coefficient (Wildman–Crippen LogP) is 5.44.